The minimum absolute atomic E-state index is 0.0182. The first-order chi connectivity index (χ1) is 30.9. The number of nitrogens with zero attached hydrogens (tertiary/aromatic N) is 2. The summed E-state index contributed by atoms with van der Waals surface area (Å²) in [6, 6.07) is 8.46. The van der Waals surface area contributed by atoms with E-state index in [2.05, 4.69) is 47.2 Å². The Kier molecular flexibility index (Phi) is 22.4. The Balaban J connectivity index is 1.98. The highest BCUT2D eigenvalue weighted by molar-refractivity contribution is 8.76. The monoisotopic (exact) mass is 941 g/mol. The maximum atomic E-state index is 14.2. The third-order valence-corrected chi connectivity index (χ3v) is 12.0. The number of rotatable bonds is 18. The molecule has 0 aliphatic carbocycles. The molecule has 7 amide bonds. The third-order valence-electron chi connectivity index (χ3n) is 9.60. The minimum atomic E-state index is -1.45. The number of carbonyl (C=O) groups is 8. The van der Waals surface area contributed by atoms with Gasteiger partial charge in [0, 0.05) is 44.4 Å². The number of carboxylic acids is 1. The van der Waals surface area contributed by atoms with Crippen LogP contribution in [0.4, 0.5) is 0 Å². The van der Waals surface area contributed by atoms with Gasteiger partial charge in [0.1, 0.15) is 42.3 Å². The van der Waals surface area contributed by atoms with Crippen molar-refractivity contribution in [2.24, 2.45) is 32.9 Å². The minimum Gasteiger partial charge on any atom is -0.480 e. The van der Waals surface area contributed by atoms with Gasteiger partial charge in [-0.05, 0) is 43.7 Å². The van der Waals surface area contributed by atoms with Crippen molar-refractivity contribution in [1.29, 1.82) is 0 Å². The van der Waals surface area contributed by atoms with Crippen molar-refractivity contribution in [2.75, 3.05) is 24.6 Å². The standard InChI is InChI=1S/C41H59N13O9S2/c1-23(48-34(57)27(49-24(2)55)15-9-17-46-40(42)43)33(56)53-31-21-64-65-22-32(39(62)63)54-37(60)30(20-26-13-7-4-8-14-26)52-36(59)29(19-25-11-5-3-6-12-25)51-35(58)28(50-38(31)61)16-10-18-47-41(44)45/h3-8,11-14,23,27-32H,9-10,15-22H2,1-2H3,(H,48,57)(H,49,55)(H,50,61)(H,51,58)(H,52,59)(H,53,56)(H,54,60)(H,62,63)(H4,42,43,46)(H4,44,45,47)/t23-,27+,28-,29-,30-,31-,32-/m0/s1. The van der Waals surface area contributed by atoms with Crippen LogP contribution in [0.5, 0.6) is 0 Å². The SMILES string of the molecule is CC(=O)N[C@H](CCCN=C(N)N)C(=O)N[C@@H](C)C(=O)N[C@H]1CSSC[C@@H](C(=O)O)NC(=O)[C@H](Cc2ccccc2)NC(=O)[C@H](Cc2ccccc2)NC(=O)[C@H](CCCN=C(N)N)NC1=O. The summed E-state index contributed by atoms with van der Waals surface area (Å²) in [5.74, 6) is -7.28. The number of carboxylic acid groups (broad SMARTS) is 1. The summed E-state index contributed by atoms with van der Waals surface area (Å²) >= 11 is 0. The van der Waals surface area contributed by atoms with Crippen molar-refractivity contribution < 1.29 is 43.5 Å². The quantitative estimate of drug-likeness (QED) is 0.0318. The lowest BCUT2D eigenvalue weighted by atomic mass is 10.0. The molecule has 2 aromatic rings. The van der Waals surface area contributed by atoms with Crippen LogP contribution in [-0.4, -0.2) is 131 Å². The fraction of sp³-hybridized carbons (Fsp3) is 0.463. The van der Waals surface area contributed by atoms with Crippen LogP contribution in [0.15, 0.2) is 70.6 Å². The number of benzene rings is 2. The number of nitrogens with one attached hydrogen (secondary N) is 7. The fourth-order valence-corrected chi connectivity index (χ4v) is 8.58. The van der Waals surface area contributed by atoms with Gasteiger partial charge in [0.2, 0.25) is 41.4 Å². The summed E-state index contributed by atoms with van der Waals surface area (Å²) in [6.45, 7) is 2.84. The molecule has 1 aliphatic heterocycles. The highest BCUT2D eigenvalue weighted by Crippen LogP contribution is 2.24. The summed E-state index contributed by atoms with van der Waals surface area (Å²) in [4.78, 5) is 115. The number of carbonyl (C=O) groups excluding carboxylic acids is 7. The van der Waals surface area contributed by atoms with Crippen molar-refractivity contribution in [2.45, 2.75) is 94.7 Å². The topological polar surface area (TPSA) is 370 Å². The Bertz CT molecular complexity index is 2010. The molecular weight excluding hydrogens is 883 g/mol. The van der Waals surface area contributed by atoms with Crippen LogP contribution in [0.3, 0.4) is 0 Å². The van der Waals surface area contributed by atoms with Crippen molar-refractivity contribution in [1.82, 2.24) is 37.2 Å². The fourth-order valence-electron chi connectivity index (χ4n) is 6.26. The maximum absolute atomic E-state index is 14.2. The Morgan fingerprint density at radius 1 is 0.692 bits per heavy atom. The van der Waals surface area contributed by atoms with Gasteiger partial charge in [0.25, 0.3) is 0 Å². The van der Waals surface area contributed by atoms with Crippen LogP contribution < -0.4 is 60.2 Å². The van der Waals surface area contributed by atoms with Crippen molar-refractivity contribution in [3.63, 3.8) is 0 Å². The van der Waals surface area contributed by atoms with E-state index in [4.69, 9.17) is 22.9 Å². The Hall–Kier alpha value is -6.56. The molecule has 24 heteroatoms. The van der Waals surface area contributed by atoms with E-state index in [-0.39, 0.29) is 68.6 Å². The van der Waals surface area contributed by atoms with E-state index in [9.17, 15) is 43.5 Å². The molecular formula is C41H59N13O9S2. The zero-order valence-electron chi connectivity index (χ0n) is 36.1. The average Bonchev–Trinajstić information content (AvgIpc) is 3.25. The molecule has 22 nitrogen and oxygen atoms in total. The molecule has 1 saturated heterocycles. The Labute approximate surface area is 384 Å². The van der Waals surface area contributed by atoms with Crippen molar-refractivity contribution >= 4 is 80.8 Å². The normalized spacial score (nSPS) is 20.7. The second kappa shape index (κ2) is 27.6. The van der Waals surface area contributed by atoms with Gasteiger partial charge in [0.15, 0.2) is 11.9 Å². The number of guanidine groups is 2. The summed E-state index contributed by atoms with van der Waals surface area (Å²) in [6.07, 6.45) is 0.535. The molecule has 16 N–H and O–H groups in total. The van der Waals surface area contributed by atoms with Gasteiger partial charge in [-0.3, -0.25) is 43.5 Å². The molecule has 7 atom stereocenters. The molecule has 3 rings (SSSR count). The number of amides is 7. The second-order valence-electron chi connectivity index (χ2n) is 15.0. The van der Waals surface area contributed by atoms with Gasteiger partial charge in [-0.2, -0.15) is 0 Å². The smallest absolute Gasteiger partial charge is 0.327 e. The summed E-state index contributed by atoms with van der Waals surface area (Å²) in [7, 11) is 1.98. The molecule has 1 aliphatic rings. The molecule has 0 unspecified atom stereocenters. The first-order valence-corrected chi connectivity index (χ1v) is 23.2. The molecule has 65 heavy (non-hydrogen) atoms. The molecule has 0 aromatic heterocycles. The number of aliphatic carboxylic acids is 1. The van der Waals surface area contributed by atoms with Crippen LogP contribution >= 0.6 is 21.6 Å². The predicted octanol–water partition coefficient (Wildman–Crippen LogP) is -2.51. The number of nitrogens with two attached hydrogens (primary N) is 4. The molecule has 354 valence electrons. The van der Waals surface area contributed by atoms with E-state index in [1.54, 1.807) is 60.7 Å². The van der Waals surface area contributed by atoms with Gasteiger partial charge in [-0.15, -0.1) is 0 Å². The highest BCUT2D eigenvalue weighted by atomic mass is 33.1. The van der Waals surface area contributed by atoms with Gasteiger partial charge in [0.05, 0.1) is 0 Å². The lowest BCUT2D eigenvalue weighted by Crippen LogP contribution is -2.60. The van der Waals surface area contributed by atoms with Crippen molar-refractivity contribution in [3.05, 3.63) is 71.8 Å². The summed E-state index contributed by atoms with van der Waals surface area (Å²) in [5.41, 5.74) is 23.1. The van der Waals surface area contributed by atoms with Gasteiger partial charge in [-0.25, -0.2) is 4.79 Å². The van der Waals surface area contributed by atoms with Crippen LogP contribution in [0.25, 0.3) is 0 Å². The molecule has 2 aromatic carbocycles. The van der Waals surface area contributed by atoms with E-state index >= 15 is 0 Å². The number of hydrogen-bond donors (Lipinski definition) is 12. The molecule has 0 spiro atoms. The molecule has 1 heterocycles. The van der Waals surface area contributed by atoms with Crippen molar-refractivity contribution in [3.8, 4) is 0 Å². The van der Waals surface area contributed by atoms with E-state index in [0.29, 0.717) is 17.5 Å². The Morgan fingerprint density at radius 2 is 1.18 bits per heavy atom. The largest absolute Gasteiger partial charge is 0.480 e. The van der Waals surface area contributed by atoms with Crippen LogP contribution in [0.1, 0.15) is 50.7 Å². The molecule has 0 bridgehead atoms. The molecule has 0 saturated carbocycles. The lowest BCUT2D eigenvalue weighted by molar-refractivity contribution is -0.141. The highest BCUT2D eigenvalue weighted by Gasteiger charge is 2.34. The zero-order chi connectivity index (χ0) is 47.9. The van der Waals surface area contributed by atoms with E-state index in [1.807, 2.05) is 0 Å². The van der Waals surface area contributed by atoms with Crippen LogP contribution in [0.2, 0.25) is 0 Å². The number of aliphatic imine (C=N–C) groups is 2. The molecule has 1 fully saturated rings. The predicted molar refractivity (Wildman–Crippen MR) is 248 cm³/mol. The van der Waals surface area contributed by atoms with Crippen LogP contribution in [-0.2, 0) is 51.2 Å². The third kappa shape index (κ3) is 19.8. The van der Waals surface area contributed by atoms with E-state index in [1.165, 1.54) is 13.8 Å². The zero-order valence-corrected chi connectivity index (χ0v) is 37.8. The maximum Gasteiger partial charge on any atom is 0.327 e. The first-order valence-electron chi connectivity index (χ1n) is 20.7. The van der Waals surface area contributed by atoms with Gasteiger partial charge < -0.3 is 65.3 Å². The summed E-state index contributed by atoms with van der Waals surface area (Å²) in [5, 5.41) is 28.4. The van der Waals surface area contributed by atoms with E-state index in [0.717, 1.165) is 21.6 Å². The Morgan fingerprint density at radius 3 is 1.71 bits per heavy atom. The van der Waals surface area contributed by atoms with E-state index < -0.39 is 89.6 Å². The lowest BCUT2D eigenvalue weighted by Gasteiger charge is -2.27. The van der Waals surface area contributed by atoms with Crippen LogP contribution in [0, 0.1) is 0 Å². The van der Waals surface area contributed by atoms with Gasteiger partial charge >= 0.3 is 5.97 Å². The second-order valence-corrected chi connectivity index (χ2v) is 17.5. The summed E-state index contributed by atoms with van der Waals surface area (Å²) < 4.78 is 0. The van der Waals surface area contributed by atoms with Gasteiger partial charge in [-0.1, -0.05) is 82.3 Å². The molecule has 0 radical (unpaired) electrons. The average molecular weight is 942 g/mol. The first kappa shape index (κ1) is 52.8. The number of hydrogen-bond acceptors (Lipinski definition) is 12.